The molecule has 0 aromatic carbocycles. The molecular formula is C12H19NO3S. The summed E-state index contributed by atoms with van der Waals surface area (Å²) in [6, 6.07) is 0. The van der Waals surface area contributed by atoms with Crippen LogP contribution in [0.3, 0.4) is 0 Å². The first kappa shape index (κ1) is 12.7. The highest BCUT2D eigenvalue weighted by atomic mass is 32.2. The van der Waals surface area contributed by atoms with Crippen molar-refractivity contribution in [2.75, 3.05) is 26.0 Å². The van der Waals surface area contributed by atoms with Gasteiger partial charge in [-0.25, -0.2) is 0 Å². The molecule has 1 saturated carbocycles. The fourth-order valence-corrected chi connectivity index (χ4v) is 3.27. The summed E-state index contributed by atoms with van der Waals surface area (Å²) in [6.45, 7) is 1.66. The van der Waals surface area contributed by atoms with E-state index in [1.165, 1.54) is 13.5 Å². The van der Waals surface area contributed by atoms with Gasteiger partial charge in [-0.15, -0.1) is 11.8 Å². The first-order valence-electron chi connectivity index (χ1n) is 6.18. The van der Waals surface area contributed by atoms with Crippen molar-refractivity contribution < 1.29 is 14.3 Å². The van der Waals surface area contributed by atoms with E-state index in [-0.39, 0.29) is 5.97 Å². The summed E-state index contributed by atoms with van der Waals surface area (Å²) in [5.74, 6) is 0.836. The van der Waals surface area contributed by atoms with Gasteiger partial charge in [-0.1, -0.05) is 6.42 Å². The molecule has 1 heterocycles. The molecule has 0 aromatic heterocycles. The van der Waals surface area contributed by atoms with Crippen LogP contribution in [0.25, 0.3) is 0 Å². The van der Waals surface area contributed by atoms with Gasteiger partial charge in [0.25, 0.3) is 0 Å². The van der Waals surface area contributed by atoms with Crippen molar-refractivity contribution in [1.82, 2.24) is 4.90 Å². The van der Waals surface area contributed by atoms with Crippen LogP contribution < -0.4 is 0 Å². The number of ether oxygens (including phenoxy) is 1. The zero-order valence-electron chi connectivity index (χ0n) is 10.2. The summed E-state index contributed by atoms with van der Waals surface area (Å²) in [5.41, 5.74) is 0. The standard InChI is InChI=1S/C12H19NO3S/c1-16-11(14)8-17-10-5-6-13(7-10)12(15)9-3-2-4-9/h9-10H,2-8H2,1H3. The van der Waals surface area contributed by atoms with E-state index >= 15 is 0 Å². The van der Waals surface area contributed by atoms with E-state index in [1.807, 2.05) is 4.90 Å². The maximum absolute atomic E-state index is 12.0. The molecule has 4 nitrogen and oxygen atoms in total. The Hall–Kier alpha value is -0.710. The lowest BCUT2D eigenvalue weighted by molar-refractivity contribution is -0.137. The number of thioether (sulfide) groups is 1. The second-order valence-corrected chi connectivity index (χ2v) is 6.00. The number of hydrogen-bond donors (Lipinski definition) is 0. The minimum absolute atomic E-state index is 0.182. The molecule has 1 aliphatic heterocycles. The van der Waals surface area contributed by atoms with Crippen molar-refractivity contribution in [3.8, 4) is 0 Å². The predicted octanol–water partition coefficient (Wildman–Crippen LogP) is 1.29. The maximum atomic E-state index is 12.0. The Bertz CT molecular complexity index is 304. The number of carbonyl (C=O) groups is 2. The number of amides is 1. The maximum Gasteiger partial charge on any atom is 0.315 e. The van der Waals surface area contributed by atoms with Gasteiger partial charge in [0.1, 0.15) is 0 Å². The van der Waals surface area contributed by atoms with Crippen LogP contribution >= 0.6 is 11.8 Å². The molecule has 0 spiro atoms. The van der Waals surface area contributed by atoms with Gasteiger partial charge in [0.05, 0.1) is 12.9 Å². The lowest BCUT2D eigenvalue weighted by Crippen LogP contribution is -2.37. The Labute approximate surface area is 106 Å². The average molecular weight is 257 g/mol. The summed E-state index contributed by atoms with van der Waals surface area (Å²) in [4.78, 5) is 25.0. The van der Waals surface area contributed by atoms with Crippen molar-refractivity contribution in [2.45, 2.75) is 30.9 Å². The molecule has 2 rings (SSSR count). The van der Waals surface area contributed by atoms with Gasteiger partial charge in [-0.3, -0.25) is 9.59 Å². The van der Waals surface area contributed by atoms with Gasteiger partial charge < -0.3 is 9.64 Å². The van der Waals surface area contributed by atoms with Crippen LogP contribution in [0.1, 0.15) is 25.7 Å². The van der Waals surface area contributed by atoms with Crippen molar-refractivity contribution in [3.63, 3.8) is 0 Å². The SMILES string of the molecule is COC(=O)CSC1CCN(C(=O)C2CCC2)C1. The molecule has 1 amide bonds. The highest BCUT2D eigenvalue weighted by Gasteiger charge is 2.33. The minimum atomic E-state index is -0.182. The average Bonchev–Trinajstić information content (AvgIpc) is 2.72. The monoisotopic (exact) mass is 257 g/mol. The van der Waals surface area contributed by atoms with Crippen LogP contribution in [0, 0.1) is 5.92 Å². The minimum Gasteiger partial charge on any atom is -0.468 e. The topological polar surface area (TPSA) is 46.6 Å². The molecule has 0 N–H and O–H groups in total. The van der Waals surface area contributed by atoms with Crippen LogP contribution in [0.2, 0.25) is 0 Å². The molecule has 96 valence electrons. The van der Waals surface area contributed by atoms with Crippen molar-refractivity contribution in [1.29, 1.82) is 0 Å². The van der Waals surface area contributed by atoms with Crippen LogP contribution in [-0.4, -0.2) is 48.0 Å². The van der Waals surface area contributed by atoms with Gasteiger partial charge in [0.15, 0.2) is 0 Å². The van der Waals surface area contributed by atoms with E-state index in [2.05, 4.69) is 4.74 Å². The van der Waals surface area contributed by atoms with Gasteiger partial charge in [0.2, 0.25) is 5.91 Å². The molecule has 2 fully saturated rings. The number of rotatable bonds is 4. The number of methoxy groups -OCH3 is 1. The molecule has 2 aliphatic rings. The zero-order chi connectivity index (χ0) is 12.3. The van der Waals surface area contributed by atoms with E-state index in [0.29, 0.717) is 22.8 Å². The normalized spacial score (nSPS) is 24.5. The Balaban J connectivity index is 1.71. The summed E-state index contributed by atoms with van der Waals surface area (Å²) in [6.07, 6.45) is 4.33. The Morgan fingerprint density at radius 1 is 1.35 bits per heavy atom. The Morgan fingerprint density at radius 3 is 2.71 bits per heavy atom. The molecule has 5 heteroatoms. The van der Waals surface area contributed by atoms with E-state index < -0.39 is 0 Å². The fourth-order valence-electron chi connectivity index (χ4n) is 2.22. The van der Waals surface area contributed by atoms with E-state index in [4.69, 9.17) is 0 Å². The van der Waals surface area contributed by atoms with Crippen molar-refractivity contribution in [2.24, 2.45) is 5.92 Å². The van der Waals surface area contributed by atoms with Crippen LogP contribution in [-0.2, 0) is 14.3 Å². The van der Waals surface area contributed by atoms with Crippen LogP contribution in [0.4, 0.5) is 0 Å². The molecule has 17 heavy (non-hydrogen) atoms. The molecule has 0 radical (unpaired) electrons. The summed E-state index contributed by atoms with van der Waals surface area (Å²) in [5, 5.41) is 0.401. The number of carbonyl (C=O) groups excluding carboxylic acids is 2. The first-order valence-corrected chi connectivity index (χ1v) is 7.23. The Morgan fingerprint density at radius 2 is 2.12 bits per heavy atom. The van der Waals surface area contributed by atoms with Gasteiger partial charge >= 0.3 is 5.97 Å². The quantitative estimate of drug-likeness (QED) is 0.712. The largest absolute Gasteiger partial charge is 0.468 e. The second-order valence-electron chi connectivity index (χ2n) is 4.71. The first-order chi connectivity index (χ1) is 8.20. The molecule has 0 aromatic rings. The van der Waals surface area contributed by atoms with Crippen molar-refractivity contribution >= 4 is 23.6 Å². The molecule has 0 bridgehead atoms. The molecule has 1 unspecified atom stereocenters. The number of hydrogen-bond acceptors (Lipinski definition) is 4. The summed E-state index contributed by atoms with van der Waals surface area (Å²) in [7, 11) is 1.41. The van der Waals surface area contributed by atoms with E-state index in [1.54, 1.807) is 11.8 Å². The Kier molecular flexibility index (Phi) is 4.31. The lowest BCUT2D eigenvalue weighted by Gasteiger charge is -2.29. The highest BCUT2D eigenvalue weighted by molar-refractivity contribution is 8.00. The number of esters is 1. The van der Waals surface area contributed by atoms with E-state index in [0.717, 1.165) is 32.4 Å². The van der Waals surface area contributed by atoms with Crippen molar-refractivity contribution in [3.05, 3.63) is 0 Å². The third-order valence-electron chi connectivity index (χ3n) is 3.58. The third kappa shape index (κ3) is 3.15. The number of likely N-dealkylation sites (tertiary alicyclic amines) is 1. The molecular weight excluding hydrogens is 238 g/mol. The van der Waals surface area contributed by atoms with E-state index in [9.17, 15) is 9.59 Å². The zero-order valence-corrected chi connectivity index (χ0v) is 11.0. The second kappa shape index (κ2) is 5.76. The lowest BCUT2D eigenvalue weighted by atomic mass is 9.84. The highest BCUT2D eigenvalue weighted by Crippen LogP contribution is 2.31. The smallest absolute Gasteiger partial charge is 0.315 e. The van der Waals surface area contributed by atoms with Crippen LogP contribution in [0.5, 0.6) is 0 Å². The fraction of sp³-hybridized carbons (Fsp3) is 0.833. The van der Waals surface area contributed by atoms with Gasteiger partial charge in [-0.2, -0.15) is 0 Å². The molecule has 1 aliphatic carbocycles. The third-order valence-corrected chi connectivity index (χ3v) is 4.83. The molecule has 1 saturated heterocycles. The summed E-state index contributed by atoms with van der Waals surface area (Å²) >= 11 is 1.61. The molecule has 1 atom stereocenters. The summed E-state index contributed by atoms with van der Waals surface area (Å²) < 4.78 is 4.61. The predicted molar refractivity (Wildman–Crippen MR) is 66.8 cm³/mol. The van der Waals surface area contributed by atoms with Gasteiger partial charge in [-0.05, 0) is 19.3 Å². The number of nitrogens with zero attached hydrogens (tertiary/aromatic N) is 1. The van der Waals surface area contributed by atoms with Crippen LogP contribution in [0.15, 0.2) is 0 Å². The van der Waals surface area contributed by atoms with Gasteiger partial charge in [0, 0.05) is 24.3 Å².